The Labute approximate surface area is 191 Å². The van der Waals surface area contributed by atoms with Gasteiger partial charge in [0.25, 0.3) is 0 Å². The van der Waals surface area contributed by atoms with Crippen LogP contribution in [0.15, 0.2) is 59.8 Å². The van der Waals surface area contributed by atoms with Crippen LogP contribution in [0.25, 0.3) is 0 Å². The molecule has 1 aliphatic heterocycles. The van der Waals surface area contributed by atoms with Crippen LogP contribution in [0.3, 0.4) is 0 Å². The number of hydrogen-bond acceptors (Lipinski definition) is 4. The van der Waals surface area contributed by atoms with Gasteiger partial charge >= 0.3 is 18.0 Å². The summed E-state index contributed by atoms with van der Waals surface area (Å²) < 4.78 is 18.5. The van der Waals surface area contributed by atoms with Crippen LogP contribution in [0.4, 0.5) is 25.4 Å². The first-order valence-corrected chi connectivity index (χ1v) is 10.7. The van der Waals surface area contributed by atoms with Gasteiger partial charge in [-0.3, -0.25) is 4.90 Å². The molecule has 1 heterocycles. The molecule has 0 bridgehead atoms. The Balaban J connectivity index is 1.79. The SMILES string of the molecule is CCCN1C(=O)N[C@H](c2ccc(NC(=O)Nc3cccc(F)c3)cc2)C(C(=O)OCC)=C1C. The Morgan fingerprint density at radius 3 is 2.42 bits per heavy atom. The van der Waals surface area contributed by atoms with Crippen molar-refractivity contribution < 1.29 is 23.5 Å². The number of benzene rings is 2. The highest BCUT2D eigenvalue weighted by molar-refractivity contribution is 6.00. The molecular weight excluding hydrogens is 427 g/mol. The predicted molar refractivity (Wildman–Crippen MR) is 123 cm³/mol. The molecule has 4 amide bonds. The lowest BCUT2D eigenvalue weighted by Gasteiger charge is -2.35. The van der Waals surface area contributed by atoms with Crippen molar-refractivity contribution >= 4 is 29.4 Å². The zero-order chi connectivity index (χ0) is 24.0. The minimum Gasteiger partial charge on any atom is -0.463 e. The third-order valence-electron chi connectivity index (χ3n) is 5.12. The topological polar surface area (TPSA) is 99.8 Å². The lowest BCUT2D eigenvalue weighted by molar-refractivity contribution is -0.139. The summed E-state index contributed by atoms with van der Waals surface area (Å²) in [6, 6.07) is 10.8. The summed E-state index contributed by atoms with van der Waals surface area (Å²) in [4.78, 5) is 39.1. The molecule has 0 aromatic heterocycles. The molecule has 0 aliphatic carbocycles. The number of hydrogen-bond donors (Lipinski definition) is 3. The molecular formula is C24H27FN4O4. The van der Waals surface area contributed by atoms with Crippen molar-refractivity contribution in [2.45, 2.75) is 33.2 Å². The average Bonchev–Trinajstić information content (AvgIpc) is 2.77. The van der Waals surface area contributed by atoms with E-state index in [2.05, 4.69) is 16.0 Å². The first-order valence-electron chi connectivity index (χ1n) is 10.7. The quantitative estimate of drug-likeness (QED) is 0.524. The van der Waals surface area contributed by atoms with E-state index in [0.717, 1.165) is 6.42 Å². The Kier molecular flexibility index (Phi) is 7.66. The molecule has 3 rings (SSSR count). The number of esters is 1. The molecule has 2 aromatic rings. The van der Waals surface area contributed by atoms with E-state index in [4.69, 9.17) is 4.74 Å². The van der Waals surface area contributed by atoms with Crippen molar-refractivity contribution in [2.75, 3.05) is 23.8 Å². The Bertz CT molecular complexity index is 1070. The van der Waals surface area contributed by atoms with E-state index < -0.39 is 23.9 Å². The van der Waals surface area contributed by atoms with Crippen LogP contribution in [0, 0.1) is 5.82 Å². The van der Waals surface area contributed by atoms with E-state index in [1.807, 2.05) is 6.92 Å². The zero-order valence-corrected chi connectivity index (χ0v) is 18.8. The molecule has 1 atom stereocenters. The van der Waals surface area contributed by atoms with Crippen molar-refractivity contribution in [3.63, 3.8) is 0 Å². The Morgan fingerprint density at radius 1 is 1.09 bits per heavy atom. The smallest absolute Gasteiger partial charge is 0.338 e. The van der Waals surface area contributed by atoms with Crippen LogP contribution in [0.2, 0.25) is 0 Å². The third-order valence-corrected chi connectivity index (χ3v) is 5.12. The largest absolute Gasteiger partial charge is 0.463 e. The summed E-state index contributed by atoms with van der Waals surface area (Å²) in [5, 5.41) is 8.10. The molecule has 0 fully saturated rings. The second kappa shape index (κ2) is 10.6. The van der Waals surface area contributed by atoms with Crippen molar-refractivity contribution in [3.8, 4) is 0 Å². The van der Waals surface area contributed by atoms with E-state index in [1.165, 1.54) is 23.1 Å². The molecule has 0 saturated carbocycles. The summed E-state index contributed by atoms with van der Waals surface area (Å²) in [5.41, 5.74) is 2.40. The summed E-state index contributed by atoms with van der Waals surface area (Å²) in [6.45, 7) is 6.11. The van der Waals surface area contributed by atoms with Gasteiger partial charge in [-0.25, -0.2) is 18.8 Å². The molecule has 0 radical (unpaired) electrons. The number of carbonyl (C=O) groups is 3. The monoisotopic (exact) mass is 454 g/mol. The molecule has 0 saturated heterocycles. The Morgan fingerprint density at radius 2 is 1.79 bits per heavy atom. The number of nitrogens with zero attached hydrogens (tertiary/aromatic N) is 1. The minimum absolute atomic E-state index is 0.216. The fourth-order valence-electron chi connectivity index (χ4n) is 3.62. The van der Waals surface area contributed by atoms with Crippen LogP contribution >= 0.6 is 0 Å². The van der Waals surface area contributed by atoms with E-state index >= 15 is 0 Å². The predicted octanol–water partition coefficient (Wildman–Crippen LogP) is 4.78. The normalized spacial score (nSPS) is 15.7. The van der Waals surface area contributed by atoms with E-state index in [1.54, 1.807) is 44.2 Å². The lowest BCUT2D eigenvalue weighted by Crippen LogP contribution is -2.48. The molecule has 8 nitrogen and oxygen atoms in total. The van der Waals surface area contributed by atoms with Crippen molar-refractivity contribution in [1.82, 2.24) is 10.2 Å². The van der Waals surface area contributed by atoms with Crippen LogP contribution in [-0.2, 0) is 9.53 Å². The van der Waals surface area contributed by atoms with Gasteiger partial charge in [-0.2, -0.15) is 0 Å². The second-order valence-electron chi connectivity index (χ2n) is 7.47. The molecule has 2 aromatic carbocycles. The van der Waals surface area contributed by atoms with Crippen molar-refractivity contribution in [2.24, 2.45) is 0 Å². The highest BCUT2D eigenvalue weighted by Crippen LogP contribution is 2.32. The number of ether oxygens (including phenoxy) is 1. The molecule has 0 unspecified atom stereocenters. The number of nitrogens with one attached hydrogen (secondary N) is 3. The van der Waals surface area contributed by atoms with E-state index in [9.17, 15) is 18.8 Å². The van der Waals surface area contributed by atoms with Gasteiger partial charge in [-0.15, -0.1) is 0 Å². The first kappa shape index (κ1) is 23.8. The lowest BCUT2D eigenvalue weighted by atomic mass is 9.94. The van der Waals surface area contributed by atoms with Crippen molar-refractivity contribution in [3.05, 3.63) is 71.2 Å². The highest BCUT2D eigenvalue weighted by Gasteiger charge is 2.36. The maximum Gasteiger partial charge on any atom is 0.338 e. The molecule has 9 heteroatoms. The third kappa shape index (κ3) is 5.68. The second-order valence-corrected chi connectivity index (χ2v) is 7.47. The van der Waals surface area contributed by atoms with Gasteiger partial charge in [0, 0.05) is 23.6 Å². The molecule has 1 aliphatic rings. The van der Waals surface area contributed by atoms with Gasteiger partial charge in [0.15, 0.2) is 0 Å². The maximum atomic E-state index is 13.3. The van der Waals surface area contributed by atoms with E-state index in [-0.39, 0.29) is 12.6 Å². The molecule has 0 spiro atoms. The van der Waals surface area contributed by atoms with Gasteiger partial charge in [0.05, 0.1) is 18.2 Å². The maximum absolute atomic E-state index is 13.3. The van der Waals surface area contributed by atoms with Crippen LogP contribution in [0.5, 0.6) is 0 Å². The number of allylic oxidation sites excluding steroid dienone is 1. The van der Waals surface area contributed by atoms with E-state index in [0.29, 0.717) is 34.8 Å². The fourth-order valence-corrected chi connectivity index (χ4v) is 3.62. The standard InChI is InChI=1S/C24H27FN4O4/c1-4-13-29-15(3)20(22(30)33-5-2)21(28-24(29)32)16-9-11-18(12-10-16)26-23(31)27-19-8-6-7-17(25)14-19/h6-12,14,21H,4-5,13H2,1-3H3,(H,28,32)(H2,26,27,31)/t21-/m1/s1. The van der Waals surface area contributed by atoms with Gasteiger partial charge in [-0.1, -0.05) is 25.1 Å². The summed E-state index contributed by atoms with van der Waals surface area (Å²) in [6.07, 6.45) is 0.740. The summed E-state index contributed by atoms with van der Waals surface area (Å²) >= 11 is 0. The number of carbonyl (C=O) groups excluding carboxylic acids is 3. The average molecular weight is 455 g/mol. The number of rotatable bonds is 7. The summed E-state index contributed by atoms with van der Waals surface area (Å²) in [7, 11) is 0. The molecule has 33 heavy (non-hydrogen) atoms. The summed E-state index contributed by atoms with van der Waals surface area (Å²) in [5.74, 6) is -0.942. The van der Waals surface area contributed by atoms with Crippen LogP contribution in [-0.4, -0.2) is 36.1 Å². The molecule has 3 N–H and O–H groups in total. The molecule has 174 valence electrons. The van der Waals surface area contributed by atoms with Gasteiger partial charge in [-0.05, 0) is 56.2 Å². The zero-order valence-electron chi connectivity index (χ0n) is 18.8. The Hall–Kier alpha value is -3.88. The van der Waals surface area contributed by atoms with Crippen LogP contribution < -0.4 is 16.0 Å². The van der Waals surface area contributed by atoms with Crippen molar-refractivity contribution in [1.29, 1.82) is 0 Å². The first-order chi connectivity index (χ1) is 15.8. The van der Waals surface area contributed by atoms with Gasteiger partial charge in [0.2, 0.25) is 0 Å². The number of urea groups is 2. The number of halogens is 1. The fraction of sp³-hybridized carbons (Fsp3) is 0.292. The van der Waals surface area contributed by atoms with Gasteiger partial charge in [0.1, 0.15) is 5.82 Å². The number of amides is 4. The van der Waals surface area contributed by atoms with Gasteiger partial charge < -0.3 is 20.7 Å². The minimum atomic E-state index is -0.681. The number of anilines is 2. The van der Waals surface area contributed by atoms with Crippen LogP contribution in [0.1, 0.15) is 38.8 Å². The highest BCUT2D eigenvalue weighted by atomic mass is 19.1.